The zero-order chi connectivity index (χ0) is 20.8. The van der Waals surface area contributed by atoms with Crippen molar-refractivity contribution in [2.45, 2.75) is 45.4 Å². The van der Waals surface area contributed by atoms with Crippen molar-refractivity contribution in [1.29, 1.82) is 0 Å². The van der Waals surface area contributed by atoms with E-state index in [0.29, 0.717) is 27.9 Å². The fraction of sp³-hybridized carbons (Fsp3) is 0.304. The van der Waals surface area contributed by atoms with Crippen LogP contribution in [0.3, 0.4) is 0 Å². The zero-order valence-corrected chi connectivity index (χ0v) is 18.1. The molecule has 0 fully saturated rings. The molecule has 29 heavy (non-hydrogen) atoms. The quantitative estimate of drug-likeness (QED) is 0.401. The van der Waals surface area contributed by atoms with Crippen molar-refractivity contribution in [3.63, 3.8) is 0 Å². The first kappa shape index (κ1) is 21.5. The highest BCUT2D eigenvalue weighted by atomic mass is 35.5. The first-order valence-corrected chi connectivity index (χ1v) is 11.1. The second kappa shape index (κ2) is 9.99. The largest absolute Gasteiger partial charge is 0.320 e. The number of rotatable bonds is 8. The van der Waals surface area contributed by atoms with Crippen LogP contribution >= 0.6 is 22.9 Å². The molecule has 0 saturated heterocycles. The average molecular weight is 431 g/mol. The van der Waals surface area contributed by atoms with Crippen LogP contribution < -0.4 is 5.32 Å². The molecular weight excluding hydrogens is 407 g/mol. The lowest BCUT2D eigenvalue weighted by Crippen LogP contribution is -2.13. The molecule has 0 atom stereocenters. The summed E-state index contributed by atoms with van der Waals surface area (Å²) >= 11 is 7.49. The number of halogens is 2. The van der Waals surface area contributed by atoms with Crippen LogP contribution in [0.15, 0.2) is 47.8 Å². The molecular formula is C23H24ClFN2OS. The number of carbonyl (C=O) groups is 1. The highest BCUT2D eigenvalue weighted by Gasteiger charge is 2.18. The van der Waals surface area contributed by atoms with E-state index >= 15 is 0 Å². The fourth-order valence-electron chi connectivity index (χ4n) is 3.35. The van der Waals surface area contributed by atoms with Gasteiger partial charge in [0.15, 0.2) is 0 Å². The molecule has 0 aliphatic carbocycles. The average Bonchev–Trinajstić information content (AvgIpc) is 3.20. The zero-order valence-electron chi connectivity index (χ0n) is 16.5. The van der Waals surface area contributed by atoms with Gasteiger partial charge in [0.1, 0.15) is 11.5 Å². The molecule has 2 aromatic carbocycles. The van der Waals surface area contributed by atoms with Crippen LogP contribution in [0.2, 0.25) is 5.02 Å². The van der Waals surface area contributed by atoms with E-state index in [9.17, 15) is 9.18 Å². The number of amides is 1. The third kappa shape index (κ3) is 5.43. The van der Waals surface area contributed by atoms with Crippen molar-refractivity contribution in [2.75, 3.05) is 5.32 Å². The van der Waals surface area contributed by atoms with Gasteiger partial charge in [0, 0.05) is 27.6 Å². The number of benzene rings is 2. The molecule has 1 amide bonds. The Hall–Kier alpha value is -2.24. The summed E-state index contributed by atoms with van der Waals surface area (Å²) in [7, 11) is 0. The Labute approximate surface area is 180 Å². The summed E-state index contributed by atoms with van der Waals surface area (Å²) in [4.78, 5) is 17.4. The van der Waals surface area contributed by atoms with Gasteiger partial charge in [-0.15, -0.1) is 11.3 Å². The molecule has 3 rings (SSSR count). The Bertz CT molecular complexity index is 965. The van der Waals surface area contributed by atoms with E-state index in [0.717, 1.165) is 36.3 Å². The molecule has 1 N–H and O–H groups in total. The smallest absolute Gasteiger partial charge is 0.275 e. The first-order valence-electron chi connectivity index (χ1n) is 9.84. The van der Waals surface area contributed by atoms with E-state index in [1.807, 2.05) is 0 Å². The maximum Gasteiger partial charge on any atom is 0.275 e. The first-order chi connectivity index (χ1) is 14.0. The van der Waals surface area contributed by atoms with Gasteiger partial charge in [-0.1, -0.05) is 50.4 Å². The third-order valence-electron chi connectivity index (χ3n) is 4.76. The highest BCUT2D eigenvalue weighted by molar-refractivity contribution is 7.10. The van der Waals surface area contributed by atoms with Crippen molar-refractivity contribution in [2.24, 2.45) is 0 Å². The van der Waals surface area contributed by atoms with E-state index in [4.69, 9.17) is 11.6 Å². The van der Waals surface area contributed by atoms with Gasteiger partial charge in [0.2, 0.25) is 0 Å². The molecule has 6 heteroatoms. The Morgan fingerprint density at radius 1 is 1.14 bits per heavy atom. The minimum absolute atomic E-state index is 0.291. The van der Waals surface area contributed by atoms with E-state index in [1.54, 1.807) is 35.7 Å². The molecule has 1 heterocycles. The van der Waals surface area contributed by atoms with Crippen molar-refractivity contribution >= 4 is 34.5 Å². The summed E-state index contributed by atoms with van der Waals surface area (Å²) in [5.41, 5.74) is 2.30. The maximum atomic E-state index is 13.9. The van der Waals surface area contributed by atoms with Crippen molar-refractivity contribution in [1.82, 2.24) is 4.98 Å². The number of thiazole rings is 1. The SMILES string of the molecule is CCCC(CCC)c1nc(C(=O)Nc2ccc(F)cc2-c2ccc(Cl)cc2)cs1. The molecule has 0 unspecified atom stereocenters. The minimum Gasteiger partial charge on any atom is -0.320 e. The van der Waals surface area contributed by atoms with Crippen molar-refractivity contribution in [3.05, 3.63) is 69.4 Å². The monoisotopic (exact) mass is 430 g/mol. The Morgan fingerprint density at radius 2 is 1.83 bits per heavy atom. The summed E-state index contributed by atoms with van der Waals surface area (Å²) in [6.45, 7) is 4.33. The number of aromatic nitrogens is 1. The third-order valence-corrected chi connectivity index (χ3v) is 6.02. The number of carbonyl (C=O) groups excluding carboxylic acids is 1. The topological polar surface area (TPSA) is 42.0 Å². The molecule has 1 aromatic heterocycles. The van der Waals surface area contributed by atoms with Crippen LogP contribution in [0.5, 0.6) is 0 Å². The predicted molar refractivity (Wildman–Crippen MR) is 119 cm³/mol. The normalized spacial score (nSPS) is 11.1. The standard InChI is InChI=1S/C23H24ClFN2OS/c1-3-5-16(6-4-2)23-27-21(14-29-23)22(28)26-20-12-11-18(25)13-19(20)15-7-9-17(24)10-8-15/h7-14,16H,3-6H2,1-2H3,(H,26,28). The Kier molecular flexibility index (Phi) is 7.40. The lowest BCUT2D eigenvalue weighted by molar-refractivity contribution is 0.102. The van der Waals surface area contributed by atoms with Gasteiger partial charge in [0.25, 0.3) is 5.91 Å². The summed E-state index contributed by atoms with van der Waals surface area (Å²) in [6.07, 6.45) is 4.32. The van der Waals surface area contributed by atoms with Gasteiger partial charge in [0.05, 0.1) is 5.01 Å². The van der Waals surface area contributed by atoms with E-state index in [1.165, 1.54) is 23.5 Å². The lowest BCUT2D eigenvalue weighted by atomic mass is 9.99. The Balaban J connectivity index is 1.83. The van der Waals surface area contributed by atoms with Crippen molar-refractivity contribution in [3.8, 4) is 11.1 Å². The molecule has 152 valence electrons. The highest BCUT2D eigenvalue weighted by Crippen LogP contribution is 2.32. The van der Waals surface area contributed by atoms with Gasteiger partial charge in [-0.05, 0) is 48.7 Å². The summed E-state index contributed by atoms with van der Waals surface area (Å²) < 4.78 is 13.9. The second-order valence-corrected chi connectivity index (χ2v) is 8.32. The molecule has 3 aromatic rings. The molecule has 0 aliphatic heterocycles. The van der Waals surface area contributed by atoms with Crippen LogP contribution in [0, 0.1) is 5.82 Å². The minimum atomic E-state index is -0.370. The fourth-order valence-corrected chi connectivity index (χ4v) is 4.45. The van der Waals surface area contributed by atoms with Crippen LogP contribution in [-0.4, -0.2) is 10.9 Å². The summed E-state index contributed by atoms with van der Waals surface area (Å²) in [5, 5.41) is 6.30. The van der Waals surface area contributed by atoms with E-state index < -0.39 is 0 Å². The molecule has 3 nitrogen and oxygen atoms in total. The number of nitrogens with zero attached hydrogens (tertiary/aromatic N) is 1. The van der Waals surface area contributed by atoms with Gasteiger partial charge >= 0.3 is 0 Å². The molecule has 0 radical (unpaired) electrons. The number of hydrogen-bond acceptors (Lipinski definition) is 3. The number of nitrogens with one attached hydrogen (secondary N) is 1. The van der Waals surface area contributed by atoms with Gasteiger partial charge in [-0.2, -0.15) is 0 Å². The summed E-state index contributed by atoms with van der Waals surface area (Å²) in [5.74, 6) is -0.265. The van der Waals surface area contributed by atoms with Crippen molar-refractivity contribution < 1.29 is 9.18 Å². The van der Waals surface area contributed by atoms with E-state index in [2.05, 4.69) is 24.1 Å². The molecule has 0 aliphatic rings. The van der Waals surface area contributed by atoms with Crippen LogP contribution in [0.1, 0.15) is 60.9 Å². The molecule has 0 spiro atoms. The van der Waals surface area contributed by atoms with Crippen LogP contribution in [0.4, 0.5) is 10.1 Å². The molecule has 0 saturated carbocycles. The number of anilines is 1. The maximum absolute atomic E-state index is 13.9. The second-order valence-electron chi connectivity index (χ2n) is 7.00. The number of hydrogen-bond donors (Lipinski definition) is 1. The van der Waals surface area contributed by atoms with Crippen LogP contribution in [-0.2, 0) is 0 Å². The predicted octanol–water partition coefficient (Wildman–Crippen LogP) is 7.54. The van der Waals surface area contributed by atoms with Gasteiger partial charge < -0.3 is 5.32 Å². The van der Waals surface area contributed by atoms with Gasteiger partial charge in [-0.25, -0.2) is 9.37 Å². The molecule has 0 bridgehead atoms. The lowest BCUT2D eigenvalue weighted by Gasteiger charge is -2.12. The van der Waals surface area contributed by atoms with Gasteiger partial charge in [-0.3, -0.25) is 4.79 Å². The van der Waals surface area contributed by atoms with Crippen LogP contribution in [0.25, 0.3) is 11.1 Å². The van der Waals surface area contributed by atoms with E-state index in [-0.39, 0.29) is 11.7 Å². The summed E-state index contributed by atoms with van der Waals surface area (Å²) in [6, 6.07) is 11.4. The Morgan fingerprint density at radius 3 is 2.48 bits per heavy atom.